The monoisotopic (exact) mass is 194 g/mol. The lowest BCUT2D eigenvalue weighted by molar-refractivity contribution is 0.238. The van der Waals surface area contributed by atoms with Gasteiger partial charge in [-0.25, -0.2) is 0 Å². The van der Waals surface area contributed by atoms with E-state index in [-0.39, 0.29) is 12.1 Å². The van der Waals surface area contributed by atoms with Crippen LogP contribution in [0.5, 0.6) is 5.75 Å². The van der Waals surface area contributed by atoms with Gasteiger partial charge in [-0.1, -0.05) is 0 Å². The van der Waals surface area contributed by atoms with Gasteiger partial charge in [0.1, 0.15) is 5.75 Å². The summed E-state index contributed by atoms with van der Waals surface area (Å²) in [7, 11) is 0. The standard InChI is InChI=1S/C11H18N2O/c1-8(2)14-11-7-13-5-4-10(11)6-9(3)12/h4-5,7-9H,6,12H2,1-3H3. The van der Waals surface area contributed by atoms with Gasteiger partial charge >= 0.3 is 0 Å². The molecule has 0 aromatic carbocycles. The zero-order valence-corrected chi connectivity index (χ0v) is 9.03. The summed E-state index contributed by atoms with van der Waals surface area (Å²) in [6.07, 6.45) is 4.51. The predicted molar refractivity (Wildman–Crippen MR) is 57.4 cm³/mol. The molecule has 2 N–H and O–H groups in total. The molecule has 0 saturated heterocycles. The highest BCUT2D eigenvalue weighted by Crippen LogP contribution is 2.18. The van der Waals surface area contributed by atoms with Crippen LogP contribution in [0.4, 0.5) is 0 Å². The number of nitrogens with two attached hydrogens (primary N) is 1. The van der Waals surface area contributed by atoms with E-state index in [1.807, 2.05) is 26.8 Å². The maximum Gasteiger partial charge on any atom is 0.141 e. The van der Waals surface area contributed by atoms with Crippen LogP contribution in [0.3, 0.4) is 0 Å². The fraction of sp³-hybridized carbons (Fsp3) is 0.545. The van der Waals surface area contributed by atoms with E-state index in [2.05, 4.69) is 4.98 Å². The van der Waals surface area contributed by atoms with Crippen molar-refractivity contribution in [3.8, 4) is 5.75 Å². The molecule has 1 heterocycles. The van der Waals surface area contributed by atoms with E-state index in [0.717, 1.165) is 17.7 Å². The third-order valence-electron chi connectivity index (χ3n) is 1.77. The first kappa shape index (κ1) is 11.0. The Morgan fingerprint density at radius 1 is 1.43 bits per heavy atom. The normalized spacial score (nSPS) is 12.9. The van der Waals surface area contributed by atoms with Crippen LogP contribution in [0, 0.1) is 0 Å². The van der Waals surface area contributed by atoms with E-state index in [4.69, 9.17) is 10.5 Å². The molecule has 0 spiro atoms. The first-order chi connectivity index (χ1) is 6.59. The Balaban J connectivity index is 2.80. The van der Waals surface area contributed by atoms with Crippen molar-refractivity contribution in [1.82, 2.24) is 4.98 Å². The number of rotatable bonds is 4. The molecule has 0 aliphatic rings. The van der Waals surface area contributed by atoms with E-state index in [0.29, 0.717) is 0 Å². The van der Waals surface area contributed by atoms with Gasteiger partial charge in [0, 0.05) is 12.2 Å². The molecule has 0 amide bonds. The molecule has 1 aromatic heterocycles. The minimum absolute atomic E-state index is 0.145. The summed E-state index contributed by atoms with van der Waals surface area (Å²) in [4.78, 5) is 4.04. The predicted octanol–water partition coefficient (Wildman–Crippen LogP) is 1.76. The summed E-state index contributed by atoms with van der Waals surface area (Å²) >= 11 is 0. The summed E-state index contributed by atoms with van der Waals surface area (Å²) < 4.78 is 5.63. The summed E-state index contributed by atoms with van der Waals surface area (Å²) in [6, 6.07) is 2.10. The molecule has 0 aliphatic carbocycles. The largest absolute Gasteiger partial charge is 0.489 e. The lowest BCUT2D eigenvalue weighted by Crippen LogP contribution is -2.19. The van der Waals surface area contributed by atoms with Gasteiger partial charge in [-0.05, 0) is 38.8 Å². The van der Waals surface area contributed by atoms with Crippen LogP contribution in [0.25, 0.3) is 0 Å². The van der Waals surface area contributed by atoms with Gasteiger partial charge in [-0.15, -0.1) is 0 Å². The average Bonchev–Trinajstić information content (AvgIpc) is 2.06. The third kappa shape index (κ3) is 3.34. The van der Waals surface area contributed by atoms with Crippen LogP contribution in [0.15, 0.2) is 18.5 Å². The van der Waals surface area contributed by atoms with E-state index in [1.165, 1.54) is 0 Å². The van der Waals surface area contributed by atoms with Crippen molar-refractivity contribution in [1.29, 1.82) is 0 Å². The highest BCUT2D eigenvalue weighted by atomic mass is 16.5. The summed E-state index contributed by atoms with van der Waals surface area (Å²) in [5.74, 6) is 0.847. The number of nitrogens with zero attached hydrogens (tertiary/aromatic N) is 1. The van der Waals surface area contributed by atoms with Crippen molar-refractivity contribution in [3.05, 3.63) is 24.0 Å². The van der Waals surface area contributed by atoms with Crippen molar-refractivity contribution in [2.24, 2.45) is 5.73 Å². The Hall–Kier alpha value is -1.09. The molecule has 1 aromatic rings. The van der Waals surface area contributed by atoms with Crippen LogP contribution in [-0.4, -0.2) is 17.1 Å². The van der Waals surface area contributed by atoms with E-state index >= 15 is 0 Å². The number of pyridine rings is 1. The molecule has 0 saturated carbocycles. The van der Waals surface area contributed by atoms with E-state index in [1.54, 1.807) is 12.4 Å². The molecule has 0 bridgehead atoms. The third-order valence-corrected chi connectivity index (χ3v) is 1.77. The van der Waals surface area contributed by atoms with Gasteiger partial charge in [-0.2, -0.15) is 0 Å². The smallest absolute Gasteiger partial charge is 0.141 e. The molecule has 1 rings (SSSR count). The van der Waals surface area contributed by atoms with Crippen LogP contribution in [0.2, 0.25) is 0 Å². The first-order valence-electron chi connectivity index (χ1n) is 4.94. The van der Waals surface area contributed by atoms with Crippen molar-refractivity contribution in [2.75, 3.05) is 0 Å². The first-order valence-corrected chi connectivity index (χ1v) is 4.94. The fourth-order valence-corrected chi connectivity index (χ4v) is 1.28. The van der Waals surface area contributed by atoms with Crippen molar-refractivity contribution in [2.45, 2.75) is 39.3 Å². The maximum absolute atomic E-state index is 5.75. The second-order valence-electron chi connectivity index (χ2n) is 3.83. The van der Waals surface area contributed by atoms with Crippen LogP contribution in [-0.2, 0) is 6.42 Å². The second kappa shape index (κ2) is 4.96. The SMILES string of the molecule is CC(N)Cc1ccncc1OC(C)C. The van der Waals surface area contributed by atoms with Gasteiger partial charge in [0.2, 0.25) is 0 Å². The Kier molecular flexibility index (Phi) is 3.89. The van der Waals surface area contributed by atoms with Crippen LogP contribution < -0.4 is 10.5 Å². The Morgan fingerprint density at radius 2 is 2.14 bits per heavy atom. The molecule has 0 aliphatic heterocycles. The Labute approximate surface area is 85.3 Å². The molecule has 78 valence electrons. The number of hydrogen-bond acceptors (Lipinski definition) is 3. The Bertz CT molecular complexity index is 255. The molecular weight excluding hydrogens is 176 g/mol. The lowest BCUT2D eigenvalue weighted by Gasteiger charge is -2.14. The minimum Gasteiger partial charge on any atom is -0.489 e. The average molecular weight is 194 g/mol. The van der Waals surface area contributed by atoms with E-state index < -0.39 is 0 Å². The fourth-order valence-electron chi connectivity index (χ4n) is 1.28. The summed E-state index contributed by atoms with van der Waals surface area (Å²) in [5.41, 5.74) is 6.88. The van der Waals surface area contributed by atoms with Gasteiger partial charge in [-0.3, -0.25) is 4.98 Å². The topological polar surface area (TPSA) is 48.1 Å². The molecule has 1 atom stereocenters. The summed E-state index contributed by atoms with van der Waals surface area (Å²) in [6.45, 7) is 5.99. The van der Waals surface area contributed by atoms with Crippen molar-refractivity contribution >= 4 is 0 Å². The number of hydrogen-bond donors (Lipinski definition) is 1. The number of aromatic nitrogens is 1. The van der Waals surface area contributed by atoms with Gasteiger partial charge in [0.25, 0.3) is 0 Å². The highest BCUT2D eigenvalue weighted by molar-refractivity contribution is 5.30. The maximum atomic E-state index is 5.75. The lowest BCUT2D eigenvalue weighted by atomic mass is 10.1. The molecule has 0 radical (unpaired) electrons. The van der Waals surface area contributed by atoms with Gasteiger partial charge < -0.3 is 10.5 Å². The van der Waals surface area contributed by atoms with Crippen LogP contribution >= 0.6 is 0 Å². The van der Waals surface area contributed by atoms with Crippen molar-refractivity contribution < 1.29 is 4.74 Å². The molecule has 0 fully saturated rings. The molecule has 1 unspecified atom stereocenters. The quantitative estimate of drug-likeness (QED) is 0.794. The second-order valence-corrected chi connectivity index (χ2v) is 3.83. The molecular formula is C11H18N2O. The molecule has 3 heteroatoms. The number of ether oxygens (including phenoxy) is 1. The molecule has 14 heavy (non-hydrogen) atoms. The molecule has 3 nitrogen and oxygen atoms in total. The zero-order valence-electron chi connectivity index (χ0n) is 9.03. The van der Waals surface area contributed by atoms with Gasteiger partial charge in [0.15, 0.2) is 0 Å². The minimum atomic E-state index is 0.145. The highest BCUT2D eigenvalue weighted by Gasteiger charge is 2.06. The van der Waals surface area contributed by atoms with Crippen LogP contribution in [0.1, 0.15) is 26.3 Å². The van der Waals surface area contributed by atoms with E-state index in [9.17, 15) is 0 Å². The van der Waals surface area contributed by atoms with Gasteiger partial charge in [0.05, 0.1) is 12.3 Å². The zero-order chi connectivity index (χ0) is 10.6. The Morgan fingerprint density at radius 3 is 2.71 bits per heavy atom. The van der Waals surface area contributed by atoms with Crippen molar-refractivity contribution in [3.63, 3.8) is 0 Å². The summed E-state index contributed by atoms with van der Waals surface area (Å²) in [5, 5.41) is 0.